The number of hydrogen-bond donors (Lipinski definition) is 5. The van der Waals surface area contributed by atoms with Crippen LogP contribution in [0.4, 0.5) is 13.2 Å². The second-order valence-electron chi connectivity index (χ2n) is 10.3. The molecule has 2 aliphatic heterocycles. The van der Waals surface area contributed by atoms with Crippen molar-refractivity contribution in [3.63, 3.8) is 0 Å². The van der Waals surface area contributed by atoms with E-state index in [1.54, 1.807) is 12.2 Å². The summed E-state index contributed by atoms with van der Waals surface area (Å²) in [4.78, 5) is 4.93. The van der Waals surface area contributed by atoms with Crippen LogP contribution in [0.5, 0.6) is 0 Å². The molecule has 1 fully saturated rings. The van der Waals surface area contributed by atoms with Crippen LogP contribution in [0.1, 0.15) is 40.5 Å². The minimum Gasteiger partial charge on any atom is -0.433 e. The van der Waals surface area contributed by atoms with Crippen molar-refractivity contribution < 1.29 is 28.1 Å². The second kappa shape index (κ2) is 8.92. The third-order valence-corrected chi connectivity index (χ3v) is 6.48. The molecule has 0 spiro atoms. The maximum atomic E-state index is 12.8. The van der Waals surface area contributed by atoms with Gasteiger partial charge in [0.2, 0.25) is 6.23 Å². The highest BCUT2D eigenvalue weighted by Gasteiger charge is 2.39. The number of aliphatic hydroxyl groups is 2. The molecule has 1 saturated carbocycles. The lowest BCUT2D eigenvalue weighted by Crippen LogP contribution is -2.41. The van der Waals surface area contributed by atoms with E-state index in [0.29, 0.717) is 24.3 Å². The number of halogens is 3. The van der Waals surface area contributed by atoms with Crippen LogP contribution in [0.2, 0.25) is 0 Å². The molecule has 6 atom stereocenters. The summed E-state index contributed by atoms with van der Waals surface area (Å²) in [5, 5.41) is 29.3. The van der Waals surface area contributed by atoms with E-state index in [-0.39, 0.29) is 29.4 Å². The number of rotatable bonds is 4. The van der Waals surface area contributed by atoms with Gasteiger partial charge in [0.15, 0.2) is 0 Å². The lowest BCUT2D eigenvalue weighted by Gasteiger charge is -2.38. The van der Waals surface area contributed by atoms with Crippen molar-refractivity contribution in [1.82, 2.24) is 16.1 Å². The molecule has 0 bridgehead atoms. The summed E-state index contributed by atoms with van der Waals surface area (Å²) < 4.78 is 44.2. The Labute approximate surface area is 196 Å². The topological polar surface area (TPSA) is 111 Å². The van der Waals surface area contributed by atoms with Gasteiger partial charge in [0.25, 0.3) is 0 Å². The Balaban J connectivity index is 1.49. The van der Waals surface area contributed by atoms with E-state index in [1.165, 1.54) is 0 Å². The van der Waals surface area contributed by atoms with Gasteiger partial charge in [0, 0.05) is 17.7 Å². The van der Waals surface area contributed by atoms with Crippen molar-refractivity contribution in [3.8, 4) is 0 Å². The summed E-state index contributed by atoms with van der Waals surface area (Å²) in [5.74, 6) is -0.167. The molecule has 34 heavy (non-hydrogen) atoms. The van der Waals surface area contributed by atoms with Crippen LogP contribution in [-0.2, 0) is 4.74 Å². The molecule has 0 amide bonds. The fourth-order valence-electron chi connectivity index (χ4n) is 4.71. The monoisotopic (exact) mass is 483 g/mol. The van der Waals surface area contributed by atoms with Gasteiger partial charge in [-0.25, -0.2) is 0 Å². The number of aliphatic hydroxyl groups excluding tert-OH is 2. The molecule has 4 rings (SSSR count). The van der Waals surface area contributed by atoms with Gasteiger partial charge in [-0.1, -0.05) is 32.4 Å². The van der Waals surface area contributed by atoms with Gasteiger partial charge < -0.3 is 25.6 Å². The van der Waals surface area contributed by atoms with Gasteiger partial charge in [-0.15, -0.1) is 5.10 Å². The van der Waals surface area contributed by atoms with Crippen molar-refractivity contribution in [2.75, 3.05) is 6.54 Å². The highest BCUT2D eigenvalue weighted by Crippen LogP contribution is 2.41. The molecular formula is C23H32F3N5O3. The van der Waals surface area contributed by atoms with E-state index in [9.17, 15) is 23.4 Å². The molecule has 2 heterocycles. The van der Waals surface area contributed by atoms with Crippen LogP contribution < -0.4 is 16.1 Å². The molecule has 188 valence electrons. The first-order chi connectivity index (χ1) is 15.8. The van der Waals surface area contributed by atoms with E-state index in [4.69, 9.17) is 9.73 Å². The van der Waals surface area contributed by atoms with Gasteiger partial charge in [0.1, 0.15) is 6.54 Å². The van der Waals surface area contributed by atoms with E-state index >= 15 is 0 Å². The Kier molecular flexibility index (Phi) is 6.45. The number of ether oxygens (including phenoxy) is 1. The largest absolute Gasteiger partial charge is 0.433 e. The molecule has 0 aromatic heterocycles. The maximum Gasteiger partial charge on any atom is 0.405 e. The summed E-state index contributed by atoms with van der Waals surface area (Å²) in [6.07, 6.45) is -0.215. The van der Waals surface area contributed by atoms with E-state index in [0.717, 1.165) is 11.1 Å². The number of hydrogen-bond acceptors (Lipinski definition) is 8. The first-order valence-electron chi connectivity index (χ1n) is 11.4. The minimum atomic E-state index is -4.30. The molecule has 0 saturated heterocycles. The number of allylic oxidation sites excluding steroid dienone is 1. The molecule has 0 radical (unpaired) electrons. The predicted molar refractivity (Wildman–Crippen MR) is 122 cm³/mol. The predicted octanol–water partition coefficient (Wildman–Crippen LogP) is 2.08. The lowest BCUT2D eigenvalue weighted by molar-refractivity contribution is -0.123. The van der Waals surface area contributed by atoms with Crippen molar-refractivity contribution in [2.45, 2.75) is 77.2 Å². The molecule has 11 heteroatoms. The third kappa shape index (κ3) is 5.41. The zero-order valence-corrected chi connectivity index (χ0v) is 19.6. The molecule has 8 nitrogen and oxygen atoms in total. The van der Waals surface area contributed by atoms with Crippen molar-refractivity contribution in [3.05, 3.63) is 35.1 Å². The molecule has 4 aliphatic rings. The van der Waals surface area contributed by atoms with Crippen molar-refractivity contribution in [1.29, 1.82) is 0 Å². The fourth-order valence-corrected chi connectivity index (χ4v) is 4.71. The highest BCUT2D eigenvalue weighted by molar-refractivity contribution is 6.01. The number of nitrogens with zero attached hydrogens (tertiary/aromatic N) is 2. The number of dihydropyridines is 1. The van der Waals surface area contributed by atoms with Crippen LogP contribution in [-0.4, -0.2) is 65.2 Å². The number of alkyl halides is 3. The first kappa shape index (κ1) is 24.6. The Morgan fingerprint density at radius 2 is 1.82 bits per heavy atom. The van der Waals surface area contributed by atoms with E-state index in [2.05, 4.69) is 21.2 Å². The second-order valence-corrected chi connectivity index (χ2v) is 10.3. The lowest BCUT2D eigenvalue weighted by atomic mass is 9.72. The van der Waals surface area contributed by atoms with Crippen LogP contribution in [0.25, 0.3) is 0 Å². The molecular weight excluding hydrogens is 451 g/mol. The molecule has 0 aromatic carbocycles. The molecule has 2 aliphatic carbocycles. The summed E-state index contributed by atoms with van der Waals surface area (Å²) >= 11 is 0. The van der Waals surface area contributed by atoms with Gasteiger partial charge in [-0.2, -0.15) is 13.2 Å². The van der Waals surface area contributed by atoms with Crippen molar-refractivity contribution >= 4 is 11.7 Å². The zero-order chi connectivity index (χ0) is 24.8. The fraction of sp³-hybridized carbons (Fsp3) is 0.652. The Morgan fingerprint density at radius 3 is 2.44 bits per heavy atom. The summed E-state index contributed by atoms with van der Waals surface area (Å²) in [7, 11) is 0. The smallest absolute Gasteiger partial charge is 0.405 e. The number of hydrazone groups is 1. The normalized spacial score (nSPS) is 33.5. The average molecular weight is 484 g/mol. The van der Waals surface area contributed by atoms with Gasteiger partial charge in [-0.3, -0.25) is 10.4 Å². The number of fused-ring (bicyclic) bond motifs is 1. The minimum absolute atomic E-state index is 0.152. The van der Waals surface area contributed by atoms with Gasteiger partial charge in [0.05, 0.1) is 24.0 Å². The van der Waals surface area contributed by atoms with E-state index in [1.807, 2.05) is 33.8 Å². The van der Waals surface area contributed by atoms with Crippen molar-refractivity contribution in [2.24, 2.45) is 21.4 Å². The van der Waals surface area contributed by atoms with E-state index < -0.39 is 31.2 Å². The van der Waals surface area contributed by atoms with Crippen LogP contribution >= 0.6 is 0 Å². The van der Waals surface area contributed by atoms with Gasteiger partial charge in [-0.05, 0) is 42.9 Å². The average Bonchev–Trinajstić information content (AvgIpc) is 3.31. The first-order valence-corrected chi connectivity index (χ1v) is 11.4. The zero-order valence-electron chi connectivity index (χ0n) is 19.6. The number of amidine groups is 1. The van der Waals surface area contributed by atoms with Crippen LogP contribution in [0.3, 0.4) is 0 Å². The Hall–Kier alpha value is -2.53. The van der Waals surface area contributed by atoms with Crippen LogP contribution in [0, 0.1) is 11.3 Å². The number of aliphatic imine (C=N–C) groups is 1. The quantitative estimate of drug-likeness (QED) is 0.419. The van der Waals surface area contributed by atoms with Crippen LogP contribution in [0.15, 0.2) is 45.2 Å². The van der Waals surface area contributed by atoms with Gasteiger partial charge >= 0.3 is 12.2 Å². The molecule has 0 aromatic rings. The summed E-state index contributed by atoms with van der Waals surface area (Å²) in [6, 6.07) is -0.152. The SMILES string of the molecule is CC1=CC(C2NN=C(N[C@H]3C[C@@H](O)[C@@H](O)C3)O2)=NC2C(C(C)(C)C)=CC(NCC(F)(F)F)=CC12. The number of nitrogens with one attached hydrogen (secondary N) is 3. The Morgan fingerprint density at radius 1 is 1.15 bits per heavy atom. The third-order valence-electron chi connectivity index (χ3n) is 6.48. The summed E-state index contributed by atoms with van der Waals surface area (Å²) in [5.41, 5.74) is 5.58. The highest BCUT2D eigenvalue weighted by atomic mass is 19.4. The Bertz CT molecular complexity index is 954. The molecule has 3 unspecified atom stereocenters. The summed E-state index contributed by atoms with van der Waals surface area (Å²) in [6.45, 7) is 6.90. The standard InChI is InChI=1S/C23H32F3N5O3/c1-11-5-16(20-30-31-21(34-20)28-13-8-17(32)18(33)9-13)29-19-14(11)6-12(27-10-23(24,25)26)7-15(19)22(2,3)4/h5-7,13-14,17-20,27,30,32-33H,8-10H2,1-4H3,(H,28,31)/t13-,14?,17+,18-,19?,20?. The maximum absolute atomic E-state index is 12.8. The molecule has 5 N–H and O–H groups in total.